The number of hydrogen-bond donors (Lipinski definition) is 2. The molecule has 1 unspecified atom stereocenters. The lowest BCUT2D eigenvalue weighted by Crippen LogP contribution is -2.28. The number of carbonyl (C=O) groups excluding carboxylic acids is 1. The second-order valence-corrected chi connectivity index (χ2v) is 9.22. The fraction of sp³-hybridized carbons (Fsp3) is 0.478. The van der Waals surface area contributed by atoms with Gasteiger partial charge >= 0.3 is 0 Å². The minimum absolute atomic E-state index is 0.0270. The van der Waals surface area contributed by atoms with Crippen LogP contribution in [0.25, 0.3) is 11.0 Å². The monoisotopic (exact) mass is 501 g/mol. The van der Waals surface area contributed by atoms with Gasteiger partial charge in [-0.15, -0.1) is 0 Å². The zero-order chi connectivity index (χ0) is 24.4. The van der Waals surface area contributed by atoms with Crippen molar-refractivity contribution in [1.29, 1.82) is 0 Å². The van der Waals surface area contributed by atoms with E-state index in [2.05, 4.69) is 31.9 Å². The summed E-state index contributed by atoms with van der Waals surface area (Å²) in [5, 5.41) is 8.69. The third-order valence-electron chi connectivity index (χ3n) is 6.41. The number of halogens is 1. The summed E-state index contributed by atoms with van der Waals surface area (Å²) >= 11 is 6.39. The Morgan fingerprint density at radius 2 is 2.31 bits per heavy atom. The summed E-state index contributed by atoms with van der Waals surface area (Å²) in [6.45, 7) is 7.24. The van der Waals surface area contributed by atoms with E-state index in [1.807, 2.05) is 10.9 Å². The average molecular weight is 502 g/mol. The third kappa shape index (κ3) is 5.12. The maximum atomic E-state index is 12.0. The molecule has 0 radical (unpaired) electrons. The Bertz CT molecular complexity index is 1210. The Morgan fingerprint density at radius 3 is 3.09 bits per heavy atom. The number of methoxy groups -OCH3 is 1. The number of rotatable bonds is 9. The Hall–Kier alpha value is -3.15. The Balaban J connectivity index is 1.31. The maximum Gasteiger partial charge on any atom is 0.246 e. The number of likely N-dealkylation sites (tertiary alicyclic amines) is 1. The predicted octanol–water partition coefficient (Wildman–Crippen LogP) is 2.63. The smallest absolute Gasteiger partial charge is 0.246 e. The molecular weight excluding hydrogens is 474 g/mol. The van der Waals surface area contributed by atoms with E-state index in [1.54, 1.807) is 24.4 Å². The van der Waals surface area contributed by atoms with Gasteiger partial charge in [-0.2, -0.15) is 15.1 Å². The number of nitrogens with one attached hydrogen (secondary N) is 2. The summed E-state index contributed by atoms with van der Waals surface area (Å²) in [5.74, 6) is 1.03. The molecular formula is C23H28ClN7O4. The number of carbonyl (C=O) groups is 1. The number of ether oxygens (including phenoxy) is 3. The number of anilines is 2. The van der Waals surface area contributed by atoms with Crippen molar-refractivity contribution in [3.8, 4) is 5.88 Å². The van der Waals surface area contributed by atoms with Gasteiger partial charge in [0.05, 0.1) is 41.6 Å². The Morgan fingerprint density at radius 1 is 1.43 bits per heavy atom. The molecule has 5 rings (SSSR count). The largest absolute Gasteiger partial charge is 0.477 e. The fourth-order valence-corrected chi connectivity index (χ4v) is 4.76. The molecule has 2 aliphatic heterocycles. The van der Waals surface area contributed by atoms with E-state index in [1.165, 1.54) is 6.08 Å². The van der Waals surface area contributed by atoms with Crippen molar-refractivity contribution in [2.75, 3.05) is 45.3 Å². The van der Waals surface area contributed by atoms with E-state index >= 15 is 0 Å². The van der Waals surface area contributed by atoms with E-state index in [4.69, 9.17) is 25.8 Å². The van der Waals surface area contributed by atoms with Crippen LogP contribution in [0.1, 0.15) is 6.42 Å². The number of aromatic nitrogens is 5. The van der Waals surface area contributed by atoms with Gasteiger partial charge < -0.3 is 29.4 Å². The highest BCUT2D eigenvalue weighted by molar-refractivity contribution is 6.35. The summed E-state index contributed by atoms with van der Waals surface area (Å²) in [7, 11) is 1.63. The predicted molar refractivity (Wildman–Crippen MR) is 130 cm³/mol. The summed E-state index contributed by atoms with van der Waals surface area (Å²) in [6.07, 6.45) is 7.51. The first-order valence-corrected chi connectivity index (χ1v) is 11.9. The average Bonchev–Trinajstić information content (AvgIpc) is 3.66. The lowest BCUT2D eigenvalue weighted by molar-refractivity contribution is -0.125. The van der Waals surface area contributed by atoms with Gasteiger partial charge in [0, 0.05) is 57.6 Å². The van der Waals surface area contributed by atoms with Crippen LogP contribution in [0.2, 0.25) is 5.02 Å². The molecule has 3 aromatic rings. The summed E-state index contributed by atoms with van der Waals surface area (Å²) in [4.78, 5) is 25.9. The molecule has 12 heteroatoms. The zero-order valence-corrected chi connectivity index (χ0v) is 20.2. The third-order valence-corrected chi connectivity index (χ3v) is 6.71. The van der Waals surface area contributed by atoms with Crippen LogP contribution in [0.5, 0.6) is 5.88 Å². The summed E-state index contributed by atoms with van der Waals surface area (Å²) < 4.78 is 19.1. The molecule has 35 heavy (non-hydrogen) atoms. The highest BCUT2D eigenvalue weighted by Crippen LogP contribution is 2.32. The van der Waals surface area contributed by atoms with Crippen LogP contribution in [0.4, 0.5) is 11.6 Å². The standard InChI is InChI=1S/C23H28ClN7O4/c1-3-19(32)30-9-15(18(11-30)33-2)13-35-22-20-17(24)7-25-21(20)28-23(29-22)27-16-6-26-31(10-16)8-14-4-5-34-12-14/h3,6-7,10,14-15,18H,1,4-5,8-9,11-13H2,2H3,(H2,25,27,28,29)/t14?,15-,18+/m1/s1. The van der Waals surface area contributed by atoms with Crippen molar-refractivity contribution in [2.45, 2.75) is 19.1 Å². The van der Waals surface area contributed by atoms with Gasteiger partial charge in [-0.05, 0) is 12.5 Å². The van der Waals surface area contributed by atoms with Crippen LogP contribution >= 0.6 is 11.6 Å². The molecule has 3 atom stereocenters. The van der Waals surface area contributed by atoms with Crippen molar-refractivity contribution in [2.24, 2.45) is 11.8 Å². The van der Waals surface area contributed by atoms with Crippen molar-refractivity contribution in [3.63, 3.8) is 0 Å². The van der Waals surface area contributed by atoms with Crippen LogP contribution in [0.15, 0.2) is 31.2 Å². The van der Waals surface area contributed by atoms with Crippen molar-refractivity contribution < 1.29 is 19.0 Å². The van der Waals surface area contributed by atoms with Gasteiger partial charge in [0.1, 0.15) is 5.65 Å². The molecule has 2 fully saturated rings. The molecule has 0 saturated carbocycles. The number of H-pyrrole nitrogens is 1. The fourth-order valence-electron chi connectivity index (χ4n) is 4.54. The molecule has 2 N–H and O–H groups in total. The lowest BCUT2D eigenvalue weighted by Gasteiger charge is -2.17. The number of hydrogen-bond acceptors (Lipinski definition) is 8. The normalized spacial score (nSPS) is 22.1. The highest BCUT2D eigenvalue weighted by Gasteiger charge is 2.35. The Kier molecular flexibility index (Phi) is 6.89. The first-order chi connectivity index (χ1) is 17.0. The first-order valence-electron chi connectivity index (χ1n) is 11.5. The number of nitrogens with zero attached hydrogens (tertiary/aromatic N) is 5. The lowest BCUT2D eigenvalue weighted by atomic mass is 10.1. The van der Waals surface area contributed by atoms with Gasteiger partial charge in [0.25, 0.3) is 0 Å². The summed E-state index contributed by atoms with van der Waals surface area (Å²) in [6, 6.07) is 0. The van der Waals surface area contributed by atoms with Crippen LogP contribution in [-0.2, 0) is 20.8 Å². The molecule has 2 aliphatic rings. The molecule has 186 valence electrons. The van der Waals surface area contributed by atoms with Crippen LogP contribution in [0, 0.1) is 11.8 Å². The molecule has 2 saturated heterocycles. The second kappa shape index (κ2) is 10.2. The van der Waals surface area contributed by atoms with E-state index in [0.717, 1.165) is 31.9 Å². The molecule has 0 aromatic carbocycles. The Labute approximate surface area is 207 Å². The minimum atomic E-state index is -0.147. The van der Waals surface area contributed by atoms with Gasteiger partial charge in [-0.1, -0.05) is 18.2 Å². The first kappa shape index (κ1) is 23.6. The van der Waals surface area contributed by atoms with Crippen LogP contribution in [0.3, 0.4) is 0 Å². The van der Waals surface area contributed by atoms with Crippen molar-refractivity contribution >= 4 is 40.2 Å². The van der Waals surface area contributed by atoms with Gasteiger partial charge in [-0.3, -0.25) is 9.48 Å². The van der Waals surface area contributed by atoms with Gasteiger partial charge in [-0.25, -0.2) is 0 Å². The second-order valence-electron chi connectivity index (χ2n) is 8.81. The van der Waals surface area contributed by atoms with E-state index in [9.17, 15) is 4.79 Å². The SMILES string of the molecule is C=CC(=O)N1C[C@H](COc2nc(Nc3cnn(CC4CCOC4)c3)nc3[nH]cc(Cl)c23)[C@@H](OC)C1. The van der Waals surface area contributed by atoms with Gasteiger partial charge in [0.2, 0.25) is 17.7 Å². The molecule has 3 aromatic heterocycles. The minimum Gasteiger partial charge on any atom is -0.477 e. The topological polar surface area (TPSA) is 119 Å². The molecule has 11 nitrogen and oxygen atoms in total. The van der Waals surface area contributed by atoms with Crippen LogP contribution < -0.4 is 10.1 Å². The van der Waals surface area contributed by atoms with Crippen LogP contribution in [-0.4, -0.2) is 81.7 Å². The van der Waals surface area contributed by atoms with Crippen molar-refractivity contribution in [3.05, 3.63) is 36.3 Å². The molecule has 1 amide bonds. The quantitative estimate of drug-likeness (QED) is 0.429. The van der Waals surface area contributed by atoms with Gasteiger partial charge in [0.15, 0.2) is 0 Å². The zero-order valence-electron chi connectivity index (χ0n) is 19.4. The molecule has 5 heterocycles. The maximum absolute atomic E-state index is 12.0. The van der Waals surface area contributed by atoms with Crippen molar-refractivity contribution in [1.82, 2.24) is 29.6 Å². The number of fused-ring (bicyclic) bond motifs is 1. The van der Waals surface area contributed by atoms with E-state index in [0.29, 0.717) is 53.5 Å². The highest BCUT2D eigenvalue weighted by atomic mass is 35.5. The van der Waals surface area contributed by atoms with E-state index < -0.39 is 0 Å². The summed E-state index contributed by atoms with van der Waals surface area (Å²) in [5.41, 5.74) is 1.32. The van der Waals surface area contributed by atoms with E-state index in [-0.39, 0.29) is 17.9 Å². The molecule has 0 aliphatic carbocycles. The number of amides is 1. The number of aromatic amines is 1. The molecule has 0 bridgehead atoms. The molecule has 0 spiro atoms.